The number of benzene rings is 4. The summed E-state index contributed by atoms with van der Waals surface area (Å²) >= 11 is 0. The molecule has 289 valence electrons. The first-order valence-electron chi connectivity index (χ1n) is 20.7. The van der Waals surface area contributed by atoms with Crippen LogP contribution in [0.5, 0.6) is 0 Å². The van der Waals surface area contributed by atoms with Gasteiger partial charge in [-0.15, -0.1) is 47.5 Å². The molecule has 56 heavy (non-hydrogen) atoms. The number of furan rings is 1. The average Bonchev–Trinajstić information content (AvgIpc) is 3.61. The third-order valence-electron chi connectivity index (χ3n) is 11.9. The van der Waals surface area contributed by atoms with Gasteiger partial charge in [-0.05, 0) is 69.7 Å². The molecular weight excluding hydrogens is 877 g/mol. The van der Waals surface area contributed by atoms with Crippen LogP contribution in [0.1, 0.15) is 75.3 Å². The molecule has 4 aromatic carbocycles. The van der Waals surface area contributed by atoms with Gasteiger partial charge in [0.1, 0.15) is 5.58 Å². The van der Waals surface area contributed by atoms with Crippen LogP contribution in [0.2, 0.25) is 19.6 Å². The van der Waals surface area contributed by atoms with Crippen molar-refractivity contribution in [3.8, 4) is 33.6 Å². The second kappa shape index (κ2) is 18.4. The Hall–Kier alpha value is -4.15. The van der Waals surface area contributed by atoms with Crippen molar-refractivity contribution in [2.45, 2.75) is 96.7 Å². The molecule has 2 aliphatic carbocycles. The van der Waals surface area contributed by atoms with Gasteiger partial charge in [0.25, 0.3) is 0 Å². The third-order valence-corrected chi connectivity index (χ3v) is 13.9. The van der Waals surface area contributed by atoms with Crippen LogP contribution in [0, 0.1) is 24.0 Å². The van der Waals surface area contributed by atoms with Gasteiger partial charge in [-0.3, -0.25) is 0 Å². The van der Waals surface area contributed by atoms with Gasteiger partial charge in [-0.25, -0.2) is 0 Å². The zero-order valence-electron chi connectivity index (χ0n) is 33.2. The topological polar surface area (TPSA) is 38.9 Å². The molecule has 0 unspecified atom stereocenters. The summed E-state index contributed by atoms with van der Waals surface area (Å²) in [5.74, 6) is 1.68. The quantitative estimate of drug-likeness (QED) is 0.113. The van der Waals surface area contributed by atoms with E-state index in [4.69, 9.17) is 14.4 Å². The Bertz CT molecular complexity index is 2330. The van der Waals surface area contributed by atoms with Crippen LogP contribution >= 0.6 is 0 Å². The molecule has 0 amide bonds. The fourth-order valence-corrected chi connectivity index (χ4v) is 10.6. The first-order valence-corrected chi connectivity index (χ1v) is 24.2. The molecule has 2 aliphatic rings. The monoisotopic (exact) mass is 931 g/mol. The zero-order chi connectivity index (χ0) is 37.6. The van der Waals surface area contributed by atoms with E-state index in [1.807, 2.05) is 30.5 Å². The van der Waals surface area contributed by atoms with Crippen molar-refractivity contribution in [1.82, 2.24) is 9.97 Å². The van der Waals surface area contributed by atoms with Crippen LogP contribution in [0.3, 0.4) is 0 Å². The number of nitrogens with zero attached hydrogens (tertiary/aromatic N) is 2. The van der Waals surface area contributed by atoms with Crippen molar-refractivity contribution in [2.75, 3.05) is 0 Å². The van der Waals surface area contributed by atoms with Crippen molar-refractivity contribution in [2.24, 2.45) is 11.8 Å². The normalized spacial score (nSPS) is 15.3. The van der Waals surface area contributed by atoms with Gasteiger partial charge >= 0.3 is 0 Å². The molecule has 0 N–H and O–H groups in total. The fraction of sp³-hybridized carbons (Fsp3) is 0.333. The molecule has 5 heteroatoms. The molecule has 1 radical (unpaired) electrons. The summed E-state index contributed by atoms with van der Waals surface area (Å²) < 4.78 is 6.25. The van der Waals surface area contributed by atoms with Gasteiger partial charge in [0.2, 0.25) is 0 Å². The van der Waals surface area contributed by atoms with E-state index in [9.17, 15) is 0 Å². The Morgan fingerprint density at radius 2 is 1.36 bits per heavy atom. The second-order valence-electron chi connectivity index (χ2n) is 17.0. The van der Waals surface area contributed by atoms with E-state index in [2.05, 4.69) is 117 Å². The number of rotatable bonds is 8. The first-order chi connectivity index (χ1) is 26.9. The van der Waals surface area contributed by atoms with E-state index in [0.29, 0.717) is 0 Å². The van der Waals surface area contributed by atoms with Crippen LogP contribution in [0.25, 0.3) is 55.6 Å². The van der Waals surface area contributed by atoms with E-state index in [-0.39, 0.29) is 20.1 Å². The van der Waals surface area contributed by atoms with Crippen LogP contribution in [-0.4, -0.2) is 18.0 Å². The second-order valence-corrected chi connectivity index (χ2v) is 22.0. The molecule has 0 atom stereocenters. The minimum Gasteiger partial charge on any atom is -0.477 e. The van der Waals surface area contributed by atoms with Gasteiger partial charge in [0.05, 0.1) is 13.7 Å². The molecular formula is C51H54IrN2OSi-2. The summed E-state index contributed by atoms with van der Waals surface area (Å²) in [6.07, 6.45) is 20.4. The number of pyridine rings is 2. The van der Waals surface area contributed by atoms with Gasteiger partial charge in [0.15, 0.2) is 0 Å². The number of hydrogen-bond donors (Lipinski definition) is 0. The van der Waals surface area contributed by atoms with E-state index < -0.39 is 8.07 Å². The van der Waals surface area contributed by atoms with Crippen molar-refractivity contribution >= 4 is 35.2 Å². The molecule has 0 saturated heterocycles. The number of fused-ring (bicyclic) bond motifs is 3. The minimum absolute atomic E-state index is 0. The predicted molar refractivity (Wildman–Crippen MR) is 233 cm³/mol. The molecule has 0 spiro atoms. The maximum absolute atomic E-state index is 6.25. The number of para-hydroxylation sites is 1. The number of aromatic nitrogens is 2. The predicted octanol–water partition coefficient (Wildman–Crippen LogP) is 13.5. The summed E-state index contributed by atoms with van der Waals surface area (Å²) in [7, 11) is -1.36. The molecule has 2 fully saturated rings. The minimum atomic E-state index is -1.36. The van der Waals surface area contributed by atoms with Crippen LogP contribution in [0.4, 0.5) is 0 Å². The number of hydrogen-bond acceptors (Lipinski definition) is 3. The van der Waals surface area contributed by atoms with E-state index in [1.54, 1.807) is 10.8 Å². The first kappa shape index (κ1) is 40.1. The summed E-state index contributed by atoms with van der Waals surface area (Å²) in [6.45, 7) is 7.30. The molecule has 3 heterocycles. The van der Waals surface area contributed by atoms with Crippen molar-refractivity contribution in [1.29, 1.82) is 0 Å². The van der Waals surface area contributed by atoms with Gasteiger partial charge in [-0.1, -0.05) is 167 Å². The molecule has 3 aromatic heterocycles. The van der Waals surface area contributed by atoms with Gasteiger partial charge in [0, 0.05) is 32.5 Å². The van der Waals surface area contributed by atoms with Crippen LogP contribution in [-0.2, 0) is 32.9 Å². The van der Waals surface area contributed by atoms with E-state index >= 15 is 0 Å². The summed E-state index contributed by atoms with van der Waals surface area (Å²) in [5, 5.41) is 3.79. The molecule has 2 saturated carbocycles. The zero-order valence-corrected chi connectivity index (χ0v) is 36.6. The van der Waals surface area contributed by atoms with Crippen molar-refractivity contribution in [3.05, 3.63) is 139 Å². The molecule has 9 rings (SSSR count). The van der Waals surface area contributed by atoms with Crippen LogP contribution in [0.15, 0.2) is 120 Å². The van der Waals surface area contributed by atoms with Crippen molar-refractivity contribution < 1.29 is 24.5 Å². The maximum atomic E-state index is 6.25. The standard InChI is InChI=1S/C30H26NO.C21H28NSi.Ir/c1-3-9-21(10-4-1)17-22-15-16-31-27(18-22)24-19-26(23-11-5-2-6-12-23)30-25-13-7-8-14-28(25)32-29(30)20-24;1-23(2,3)21-16-22-20(18-12-8-5-9-13-18)15-19(21)14-17-10-6-4-7-11-17;/h2,5-8,11-16,18-19,21H,1,3-4,9-10,17H2;5,8-9,12,15-17H,4,6-7,10-11,14H2,1-3H3;/q2*-1;. The summed E-state index contributed by atoms with van der Waals surface area (Å²) in [6, 6.07) is 42.8. The van der Waals surface area contributed by atoms with Gasteiger partial charge in [-0.2, -0.15) is 0 Å². The van der Waals surface area contributed by atoms with E-state index in [0.717, 1.165) is 62.7 Å². The Labute approximate surface area is 348 Å². The summed E-state index contributed by atoms with van der Waals surface area (Å²) in [5.41, 5.74) is 11.1. The Kier molecular flexibility index (Phi) is 13.2. The average molecular weight is 931 g/mol. The fourth-order valence-electron chi connectivity index (χ4n) is 8.98. The Balaban J connectivity index is 0.000000178. The largest absolute Gasteiger partial charge is 0.477 e. The summed E-state index contributed by atoms with van der Waals surface area (Å²) in [4.78, 5) is 9.50. The SMILES string of the molecule is C[Si](C)(C)c1cnc(-c2[c-]cccc2)cc1CC1CCCCC1.[Ir].[c-]1c(-c2cc(CC3CCCCC3)ccn2)cc(-c2ccccc2)c2c1oc1ccccc12. The van der Waals surface area contributed by atoms with Crippen molar-refractivity contribution in [3.63, 3.8) is 0 Å². The molecule has 0 bridgehead atoms. The Morgan fingerprint density at radius 3 is 2.07 bits per heavy atom. The third kappa shape index (κ3) is 9.51. The molecule has 3 nitrogen and oxygen atoms in total. The van der Waals surface area contributed by atoms with Gasteiger partial charge < -0.3 is 14.4 Å². The van der Waals surface area contributed by atoms with Crippen LogP contribution < -0.4 is 5.19 Å². The van der Waals surface area contributed by atoms with E-state index in [1.165, 1.54) is 87.3 Å². The molecule has 7 aromatic rings. The smallest absolute Gasteiger partial charge is 0.123 e. The maximum Gasteiger partial charge on any atom is 0.123 e. The Morgan fingerprint density at radius 1 is 0.679 bits per heavy atom. The molecule has 0 aliphatic heterocycles.